The highest BCUT2D eigenvalue weighted by Gasteiger charge is 2.49. The average Bonchev–Trinajstić information content (AvgIpc) is 2.91. The summed E-state index contributed by atoms with van der Waals surface area (Å²) in [5, 5.41) is 9.12. The van der Waals surface area contributed by atoms with Gasteiger partial charge in [-0.3, -0.25) is 9.59 Å². The summed E-state index contributed by atoms with van der Waals surface area (Å²) in [5.74, 6) is -1.47. The predicted octanol–water partition coefficient (Wildman–Crippen LogP) is 3.67. The third-order valence-corrected chi connectivity index (χ3v) is 4.85. The van der Waals surface area contributed by atoms with Crippen LogP contribution in [0.1, 0.15) is 31.7 Å². The molecule has 2 aromatic rings. The number of nitrogens with zero attached hydrogens (tertiary/aromatic N) is 2. The van der Waals surface area contributed by atoms with Crippen LogP contribution in [0.4, 0.5) is 5.69 Å². The van der Waals surface area contributed by atoms with Crippen molar-refractivity contribution in [3.63, 3.8) is 0 Å². The van der Waals surface area contributed by atoms with Crippen molar-refractivity contribution in [2.75, 3.05) is 11.4 Å². The van der Waals surface area contributed by atoms with E-state index in [1.807, 2.05) is 68.4 Å². The quantitative estimate of drug-likeness (QED) is 0.761. The average molecular weight is 362 g/mol. The fraction of sp³-hybridized carbons (Fsp3) is 0.318. The maximum absolute atomic E-state index is 13.0. The fourth-order valence-electron chi connectivity index (χ4n) is 3.39. The summed E-state index contributed by atoms with van der Waals surface area (Å²) < 4.78 is 5.68. The highest BCUT2D eigenvalue weighted by Crippen LogP contribution is 2.37. The van der Waals surface area contributed by atoms with E-state index in [1.165, 1.54) is 0 Å². The van der Waals surface area contributed by atoms with E-state index in [-0.39, 0.29) is 12.3 Å². The third-order valence-electron chi connectivity index (χ3n) is 4.85. The number of hydrogen-bond donors (Lipinski definition) is 0. The molecule has 1 heterocycles. The minimum atomic E-state index is -0.880. The van der Waals surface area contributed by atoms with Gasteiger partial charge in [0.25, 0.3) is 5.91 Å². The van der Waals surface area contributed by atoms with E-state index in [0.29, 0.717) is 12.1 Å². The molecule has 0 aliphatic carbocycles. The third kappa shape index (κ3) is 3.85. The normalized spacial score (nSPS) is 19.4. The molecular weight excluding hydrogens is 340 g/mol. The zero-order valence-electron chi connectivity index (χ0n) is 15.5. The first-order chi connectivity index (χ1) is 12.9. The van der Waals surface area contributed by atoms with E-state index in [0.717, 1.165) is 5.69 Å². The largest absolute Gasteiger partial charge is 0.451 e. The Balaban J connectivity index is 1.82. The number of esters is 1. The maximum Gasteiger partial charge on any atom is 0.315 e. The lowest BCUT2D eigenvalue weighted by Gasteiger charge is -2.25. The van der Waals surface area contributed by atoms with Crippen LogP contribution in [0.3, 0.4) is 0 Å². The number of amides is 1. The Morgan fingerprint density at radius 3 is 2.37 bits per heavy atom. The molecule has 0 N–H and O–H groups in total. The lowest BCUT2D eigenvalue weighted by molar-refractivity contribution is -0.159. The number of hydrogen-bond acceptors (Lipinski definition) is 4. The van der Waals surface area contributed by atoms with Gasteiger partial charge in [0.15, 0.2) is 6.10 Å². The summed E-state index contributed by atoms with van der Waals surface area (Å²) >= 11 is 0. The Kier molecular flexibility index (Phi) is 5.27. The first-order valence-corrected chi connectivity index (χ1v) is 8.93. The lowest BCUT2D eigenvalue weighted by atomic mass is 9.89. The van der Waals surface area contributed by atoms with E-state index in [2.05, 4.69) is 0 Å². The molecule has 0 saturated carbocycles. The van der Waals surface area contributed by atoms with Gasteiger partial charge in [-0.25, -0.2) is 0 Å². The number of ether oxygens (including phenoxy) is 1. The highest BCUT2D eigenvalue weighted by atomic mass is 16.6. The molecule has 138 valence electrons. The number of rotatable bonds is 5. The van der Waals surface area contributed by atoms with Gasteiger partial charge in [-0.1, -0.05) is 62.4 Å². The zero-order valence-corrected chi connectivity index (χ0v) is 15.5. The molecule has 0 radical (unpaired) electrons. The second-order valence-corrected chi connectivity index (χ2v) is 7.39. The summed E-state index contributed by atoms with van der Waals surface area (Å²) in [7, 11) is 0. The number of nitriles is 1. The summed E-state index contributed by atoms with van der Waals surface area (Å²) in [5.41, 5.74) is 0.967. The molecule has 27 heavy (non-hydrogen) atoms. The van der Waals surface area contributed by atoms with Crippen LogP contribution in [-0.2, 0) is 14.3 Å². The topological polar surface area (TPSA) is 70.4 Å². The lowest BCUT2D eigenvalue weighted by Crippen LogP contribution is -2.37. The van der Waals surface area contributed by atoms with Crippen LogP contribution in [0, 0.1) is 16.7 Å². The van der Waals surface area contributed by atoms with E-state index in [9.17, 15) is 9.59 Å². The van der Waals surface area contributed by atoms with Gasteiger partial charge in [0.05, 0.1) is 18.4 Å². The van der Waals surface area contributed by atoms with E-state index in [1.54, 1.807) is 17.0 Å². The van der Waals surface area contributed by atoms with Crippen molar-refractivity contribution in [1.29, 1.82) is 5.26 Å². The molecule has 0 aromatic heterocycles. The van der Waals surface area contributed by atoms with Crippen molar-refractivity contribution in [2.45, 2.75) is 32.3 Å². The van der Waals surface area contributed by atoms with Gasteiger partial charge in [0.2, 0.25) is 0 Å². The fourth-order valence-corrected chi connectivity index (χ4v) is 3.39. The summed E-state index contributed by atoms with van der Waals surface area (Å²) in [6, 6.07) is 20.5. The molecule has 2 aromatic carbocycles. The van der Waals surface area contributed by atoms with Crippen molar-refractivity contribution in [1.82, 2.24) is 0 Å². The van der Waals surface area contributed by atoms with Gasteiger partial charge >= 0.3 is 5.97 Å². The van der Waals surface area contributed by atoms with E-state index in [4.69, 9.17) is 10.00 Å². The number of para-hydroxylation sites is 1. The van der Waals surface area contributed by atoms with Crippen LogP contribution >= 0.6 is 0 Å². The molecule has 1 aliphatic rings. The molecule has 0 bridgehead atoms. The second-order valence-electron chi connectivity index (χ2n) is 7.39. The molecule has 3 rings (SSSR count). The summed E-state index contributed by atoms with van der Waals surface area (Å²) in [6.07, 6.45) is -0.873. The van der Waals surface area contributed by atoms with Crippen LogP contribution in [0.5, 0.6) is 0 Å². The minimum Gasteiger partial charge on any atom is -0.451 e. The van der Waals surface area contributed by atoms with E-state index >= 15 is 0 Å². The molecule has 0 unspecified atom stereocenters. The number of anilines is 1. The van der Waals surface area contributed by atoms with E-state index < -0.39 is 23.4 Å². The van der Waals surface area contributed by atoms with Crippen LogP contribution in [0.15, 0.2) is 60.7 Å². The molecular formula is C22H22N2O3. The Labute approximate surface area is 159 Å². The standard InChI is InChI=1S/C22H22N2O3/c1-22(2)15-24(17-11-7-4-8-12-17)20(25)19(22)27-21(26)18(13-14-23)16-9-5-3-6-10-16/h3-12,18-19H,13,15H2,1-2H3/t18-,19+/m1/s1. The molecule has 1 amide bonds. The molecule has 1 aliphatic heterocycles. The van der Waals surface area contributed by atoms with Gasteiger partial charge in [-0.15, -0.1) is 0 Å². The molecule has 0 spiro atoms. The SMILES string of the molecule is CC1(C)CN(c2ccccc2)C(=O)[C@@H]1OC(=O)[C@H](CC#N)c1ccccc1. The Hall–Kier alpha value is -3.13. The Morgan fingerprint density at radius 1 is 1.19 bits per heavy atom. The molecule has 1 saturated heterocycles. The first kappa shape index (κ1) is 18.7. The van der Waals surface area contributed by atoms with Crippen LogP contribution in [0.25, 0.3) is 0 Å². The molecule has 5 heteroatoms. The van der Waals surface area contributed by atoms with Crippen molar-refractivity contribution in [3.05, 3.63) is 66.2 Å². The van der Waals surface area contributed by atoms with Crippen LogP contribution in [-0.4, -0.2) is 24.5 Å². The highest BCUT2D eigenvalue weighted by molar-refractivity contribution is 6.01. The number of carbonyl (C=O) groups excluding carboxylic acids is 2. The van der Waals surface area contributed by atoms with Crippen molar-refractivity contribution < 1.29 is 14.3 Å². The molecule has 2 atom stereocenters. The summed E-state index contributed by atoms with van der Waals surface area (Å²) in [6.45, 7) is 4.28. The smallest absolute Gasteiger partial charge is 0.315 e. The molecule has 5 nitrogen and oxygen atoms in total. The molecule has 1 fully saturated rings. The van der Waals surface area contributed by atoms with Crippen LogP contribution < -0.4 is 4.90 Å². The first-order valence-electron chi connectivity index (χ1n) is 8.93. The summed E-state index contributed by atoms with van der Waals surface area (Å²) in [4.78, 5) is 27.4. The van der Waals surface area contributed by atoms with Crippen molar-refractivity contribution in [2.24, 2.45) is 5.41 Å². The Morgan fingerprint density at radius 2 is 1.78 bits per heavy atom. The zero-order chi connectivity index (χ0) is 19.4. The monoisotopic (exact) mass is 362 g/mol. The minimum absolute atomic E-state index is 0.00653. The van der Waals surface area contributed by atoms with Gasteiger partial charge in [-0.2, -0.15) is 5.26 Å². The maximum atomic E-state index is 13.0. The number of carbonyl (C=O) groups is 2. The van der Waals surface area contributed by atoms with Crippen LogP contribution in [0.2, 0.25) is 0 Å². The van der Waals surface area contributed by atoms with Gasteiger partial charge < -0.3 is 9.64 Å². The predicted molar refractivity (Wildman–Crippen MR) is 102 cm³/mol. The number of benzene rings is 2. The Bertz CT molecular complexity index is 856. The van der Waals surface area contributed by atoms with Gasteiger partial charge in [0, 0.05) is 17.6 Å². The van der Waals surface area contributed by atoms with Gasteiger partial charge in [0.1, 0.15) is 0 Å². The second kappa shape index (κ2) is 7.63. The van der Waals surface area contributed by atoms with Crippen molar-refractivity contribution in [3.8, 4) is 6.07 Å². The van der Waals surface area contributed by atoms with Crippen molar-refractivity contribution >= 4 is 17.6 Å². The van der Waals surface area contributed by atoms with Gasteiger partial charge in [-0.05, 0) is 17.7 Å².